The minimum Gasteiger partial charge on any atom is -0.480 e. The van der Waals surface area contributed by atoms with E-state index in [-0.39, 0.29) is 25.2 Å². The molecule has 0 heterocycles. The number of hydrogen-bond donors (Lipinski definition) is 3. The highest BCUT2D eigenvalue weighted by molar-refractivity contribution is 5.79. The Labute approximate surface area is 273 Å². The summed E-state index contributed by atoms with van der Waals surface area (Å²) in [6.45, 7) is 9.63. The lowest BCUT2D eigenvalue weighted by Gasteiger charge is -2.43. The van der Waals surface area contributed by atoms with Crippen LogP contribution in [0.4, 0.5) is 0 Å². The average Bonchev–Trinajstić information content (AvgIpc) is 3.02. The number of carboxylic acids is 1. The Hall–Kier alpha value is -0.980. The highest BCUT2D eigenvalue weighted by atomic mass is 16.5. The Morgan fingerprint density at radius 2 is 1.25 bits per heavy atom. The lowest BCUT2D eigenvalue weighted by Crippen LogP contribution is -2.61. The van der Waals surface area contributed by atoms with Gasteiger partial charge in [0, 0.05) is 25.5 Å². The van der Waals surface area contributed by atoms with Crippen LogP contribution in [0.5, 0.6) is 0 Å². The first-order valence-corrected chi connectivity index (χ1v) is 19.1. The van der Waals surface area contributed by atoms with Crippen molar-refractivity contribution in [2.45, 2.75) is 200 Å². The first-order chi connectivity index (χ1) is 21.5. The number of rotatable bonds is 35. The molecule has 0 bridgehead atoms. The Morgan fingerprint density at radius 3 is 1.70 bits per heavy atom. The van der Waals surface area contributed by atoms with Gasteiger partial charge in [0.2, 0.25) is 0 Å². The molecule has 0 saturated carbocycles. The number of carbonyl (C=O) groups excluding carboxylic acids is 1. The summed E-state index contributed by atoms with van der Waals surface area (Å²) in [6.07, 6.45) is 28.1. The zero-order valence-corrected chi connectivity index (χ0v) is 29.7. The van der Waals surface area contributed by atoms with Gasteiger partial charge in [-0.2, -0.15) is 0 Å². The molecule has 0 spiro atoms. The van der Waals surface area contributed by atoms with E-state index < -0.39 is 11.5 Å². The van der Waals surface area contributed by atoms with E-state index in [0.29, 0.717) is 31.8 Å². The van der Waals surface area contributed by atoms with E-state index in [4.69, 9.17) is 4.74 Å². The molecule has 3 N–H and O–H groups in total. The van der Waals surface area contributed by atoms with Crippen LogP contribution >= 0.6 is 0 Å². The first kappa shape index (κ1) is 43.0. The Bertz CT molecular complexity index is 631. The van der Waals surface area contributed by atoms with Crippen LogP contribution in [0.2, 0.25) is 0 Å². The fourth-order valence-corrected chi connectivity index (χ4v) is 6.96. The Kier molecular flexibility index (Phi) is 30.0. The largest absolute Gasteiger partial charge is 0.480 e. The van der Waals surface area contributed by atoms with Crippen molar-refractivity contribution in [2.75, 3.05) is 19.8 Å². The zero-order valence-electron chi connectivity index (χ0n) is 29.7. The van der Waals surface area contributed by atoms with Crippen LogP contribution in [0.1, 0.15) is 188 Å². The molecule has 3 unspecified atom stereocenters. The van der Waals surface area contributed by atoms with Crippen molar-refractivity contribution in [3.8, 4) is 0 Å². The minimum atomic E-state index is -1.23. The quantitative estimate of drug-likeness (QED) is 0.0479. The summed E-state index contributed by atoms with van der Waals surface area (Å²) >= 11 is 0. The van der Waals surface area contributed by atoms with Gasteiger partial charge < -0.3 is 19.7 Å². The summed E-state index contributed by atoms with van der Waals surface area (Å²) in [5.41, 5.74) is -1.23. The predicted molar refractivity (Wildman–Crippen MR) is 186 cm³/mol. The van der Waals surface area contributed by atoms with Crippen LogP contribution in [-0.2, 0) is 14.3 Å². The molecule has 0 radical (unpaired) electrons. The van der Waals surface area contributed by atoms with Crippen molar-refractivity contribution in [3.63, 3.8) is 0 Å². The summed E-state index contributed by atoms with van der Waals surface area (Å²) < 4.78 is 6.62. The molecule has 0 aromatic carbocycles. The third-order valence-electron chi connectivity index (χ3n) is 9.66. The molecule has 0 rings (SSSR count). The van der Waals surface area contributed by atoms with Crippen LogP contribution in [-0.4, -0.2) is 53.9 Å². The van der Waals surface area contributed by atoms with Crippen molar-refractivity contribution in [1.29, 1.82) is 0 Å². The summed E-state index contributed by atoms with van der Waals surface area (Å²) in [7, 11) is 0. The molecule has 44 heavy (non-hydrogen) atoms. The van der Waals surface area contributed by atoms with Gasteiger partial charge in [0.15, 0.2) is 0 Å². The van der Waals surface area contributed by atoms with Gasteiger partial charge in [0.1, 0.15) is 11.8 Å². The van der Waals surface area contributed by atoms with E-state index in [1.54, 1.807) is 0 Å². The molecular weight excluding hydrogens is 550 g/mol. The van der Waals surface area contributed by atoms with E-state index in [0.717, 1.165) is 44.8 Å². The number of ether oxygens (including phenoxy) is 1. The monoisotopic (exact) mass is 626 g/mol. The van der Waals surface area contributed by atoms with Gasteiger partial charge in [-0.1, -0.05) is 150 Å². The Morgan fingerprint density at radius 1 is 0.750 bits per heavy atom. The number of β-amino-alcohol motifs (C(OH)–C–C–N with tert-alkyl or cyclic N) is 1. The van der Waals surface area contributed by atoms with Crippen molar-refractivity contribution in [3.05, 3.63) is 0 Å². The van der Waals surface area contributed by atoms with Gasteiger partial charge in [-0.15, -0.1) is 0 Å². The van der Waals surface area contributed by atoms with Gasteiger partial charge in [0.25, 0.3) is 0 Å². The van der Waals surface area contributed by atoms with Gasteiger partial charge in [-0.3, -0.25) is 10.1 Å². The molecule has 0 aromatic heterocycles. The molecule has 262 valence electrons. The van der Waals surface area contributed by atoms with Gasteiger partial charge in [0.05, 0.1) is 12.7 Å². The Balaban J connectivity index is 5.93. The number of nitrogens with one attached hydrogen (secondary N) is 1. The summed E-state index contributed by atoms with van der Waals surface area (Å²) in [4.78, 5) is 24.5. The number of carboxylic acid groups (broad SMARTS) is 1. The SMILES string of the molecule is CCCCCCCCCCOC(CC)C(CC(CCCCCCC)CCCCCCC)C(CCCC=O)(NCCO)C(=O)O. The topological polar surface area (TPSA) is 95.9 Å². The van der Waals surface area contributed by atoms with Gasteiger partial charge in [-0.25, -0.2) is 0 Å². The second kappa shape index (κ2) is 30.7. The lowest BCUT2D eigenvalue weighted by molar-refractivity contribution is -0.153. The van der Waals surface area contributed by atoms with Crippen LogP contribution in [0.3, 0.4) is 0 Å². The average molecular weight is 626 g/mol. The number of aldehydes is 1. The number of aliphatic carboxylic acids is 1. The van der Waals surface area contributed by atoms with Crippen molar-refractivity contribution in [2.24, 2.45) is 11.8 Å². The van der Waals surface area contributed by atoms with Crippen LogP contribution in [0.25, 0.3) is 0 Å². The van der Waals surface area contributed by atoms with Crippen molar-refractivity contribution in [1.82, 2.24) is 5.32 Å². The molecule has 3 atom stereocenters. The minimum absolute atomic E-state index is 0.121. The normalized spacial score (nSPS) is 14.5. The van der Waals surface area contributed by atoms with Crippen LogP contribution in [0, 0.1) is 11.8 Å². The first-order valence-electron chi connectivity index (χ1n) is 19.1. The molecule has 0 aliphatic heterocycles. The molecule has 0 aromatic rings. The number of aliphatic hydroxyl groups excluding tert-OH is 1. The fourth-order valence-electron chi connectivity index (χ4n) is 6.96. The number of unbranched alkanes of at least 4 members (excludes halogenated alkanes) is 16. The standard InChI is InChI=1S/C38H75NO5/c1-5-9-12-15-16-17-20-25-32-44-36(8-4)35(38(37(42)43,39-29-31-41)28-23-24-30-40)33-34(26-21-18-13-10-6-2)27-22-19-14-11-7-3/h30,34-36,39,41H,5-29,31-33H2,1-4H3,(H,42,43). The molecule has 6 heteroatoms. The second-order valence-corrected chi connectivity index (χ2v) is 13.4. The van der Waals surface area contributed by atoms with Crippen molar-refractivity contribution >= 4 is 12.3 Å². The molecule has 0 aliphatic carbocycles. The number of carbonyl (C=O) groups is 2. The highest BCUT2D eigenvalue weighted by Crippen LogP contribution is 2.38. The molecule has 0 saturated heterocycles. The van der Waals surface area contributed by atoms with Gasteiger partial charge in [-0.05, 0) is 38.0 Å². The van der Waals surface area contributed by atoms with Crippen LogP contribution < -0.4 is 5.32 Å². The van der Waals surface area contributed by atoms with Crippen LogP contribution in [0.15, 0.2) is 0 Å². The van der Waals surface area contributed by atoms with Crippen molar-refractivity contribution < 1.29 is 24.5 Å². The fraction of sp³-hybridized carbons (Fsp3) is 0.947. The maximum atomic E-state index is 13.3. The summed E-state index contributed by atoms with van der Waals surface area (Å²) in [6, 6.07) is 0. The van der Waals surface area contributed by atoms with E-state index in [9.17, 15) is 19.8 Å². The van der Waals surface area contributed by atoms with E-state index in [1.165, 1.54) is 103 Å². The maximum absolute atomic E-state index is 13.3. The van der Waals surface area contributed by atoms with E-state index in [2.05, 4.69) is 33.0 Å². The second-order valence-electron chi connectivity index (χ2n) is 13.4. The smallest absolute Gasteiger partial charge is 0.324 e. The third-order valence-corrected chi connectivity index (χ3v) is 9.66. The summed E-state index contributed by atoms with van der Waals surface area (Å²) in [5, 5.41) is 24.0. The van der Waals surface area contributed by atoms with E-state index in [1.807, 2.05) is 0 Å². The molecular formula is C38H75NO5. The molecule has 0 amide bonds. The molecule has 0 aliphatic rings. The number of hydrogen-bond acceptors (Lipinski definition) is 5. The maximum Gasteiger partial charge on any atom is 0.324 e. The molecule has 0 fully saturated rings. The number of aliphatic hydroxyl groups is 1. The highest BCUT2D eigenvalue weighted by Gasteiger charge is 2.48. The lowest BCUT2D eigenvalue weighted by atomic mass is 9.70. The third kappa shape index (κ3) is 20.2. The zero-order chi connectivity index (χ0) is 32.7. The predicted octanol–water partition coefficient (Wildman–Crippen LogP) is 10.0. The summed E-state index contributed by atoms with van der Waals surface area (Å²) in [5.74, 6) is -0.654. The van der Waals surface area contributed by atoms with E-state index >= 15 is 0 Å². The van der Waals surface area contributed by atoms with Gasteiger partial charge >= 0.3 is 5.97 Å². The molecule has 6 nitrogen and oxygen atoms in total.